The average molecular weight is 319 g/mol. The highest BCUT2D eigenvalue weighted by Crippen LogP contribution is 2.31. The van der Waals surface area contributed by atoms with E-state index in [-0.39, 0.29) is 11.9 Å². The number of carbonyl (C=O) groups excluding carboxylic acids is 1. The summed E-state index contributed by atoms with van der Waals surface area (Å²) in [4.78, 5) is 18.4. The lowest BCUT2D eigenvalue weighted by molar-refractivity contribution is -0.120. The Hall–Kier alpha value is -1.85. The normalized spacial score (nSPS) is 17.2. The average Bonchev–Trinajstić information content (AvgIpc) is 2.71. The number of rotatable bonds is 2. The fourth-order valence-corrected chi connectivity index (χ4v) is 2.96. The first kappa shape index (κ1) is 15.1. The molecule has 22 heavy (non-hydrogen) atoms. The van der Waals surface area contributed by atoms with Crippen LogP contribution >= 0.6 is 11.6 Å². The van der Waals surface area contributed by atoms with E-state index in [1.54, 1.807) is 0 Å². The van der Waals surface area contributed by atoms with E-state index in [9.17, 15) is 4.79 Å². The van der Waals surface area contributed by atoms with Crippen LogP contribution in [0, 0.1) is 0 Å². The largest absolute Gasteiger partial charge is 0.354 e. The van der Waals surface area contributed by atoms with Gasteiger partial charge in [-0.3, -0.25) is 4.79 Å². The number of fused-ring (bicyclic) bond motifs is 1. The van der Waals surface area contributed by atoms with Crippen LogP contribution in [0.25, 0.3) is 10.9 Å². The Morgan fingerprint density at radius 1 is 1.41 bits per heavy atom. The van der Waals surface area contributed by atoms with Crippen molar-refractivity contribution in [3.8, 4) is 0 Å². The van der Waals surface area contributed by atoms with Gasteiger partial charge >= 0.3 is 0 Å². The van der Waals surface area contributed by atoms with Gasteiger partial charge in [0.1, 0.15) is 5.82 Å². The summed E-state index contributed by atoms with van der Waals surface area (Å²) in [5.41, 5.74) is 7.88. The molecule has 1 amide bonds. The van der Waals surface area contributed by atoms with Crippen molar-refractivity contribution in [2.75, 3.05) is 24.5 Å². The smallest absolute Gasteiger partial charge is 0.221 e. The first-order valence-corrected chi connectivity index (χ1v) is 7.80. The lowest BCUT2D eigenvalue weighted by atomic mass is 10.1. The summed E-state index contributed by atoms with van der Waals surface area (Å²) in [6.45, 7) is 3.90. The molecule has 5 nitrogen and oxygen atoms in total. The lowest BCUT2D eigenvalue weighted by Gasteiger charge is -2.25. The first-order valence-electron chi connectivity index (χ1n) is 7.42. The molecule has 1 atom stereocenters. The van der Waals surface area contributed by atoms with Gasteiger partial charge in [0.25, 0.3) is 0 Å². The van der Waals surface area contributed by atoms with Crippen molar-refractivity contribution in [2.45, 2.75) is 19.4 Å². The number of nitrogens with zero attached hydrogens (tertiary/aromatic N) is 2. The predicted octanol–water partition coefficient (Wildman–Crippen LogP) is 2.23. The molecule has 3 N–H and O–H groups in total. The molecule has 2 heterocycles. The van der Waals surface area contributed by atoms with E-state index in [1.165, 1.54) is 0 Å². The highest BCUT2D eigenvalue weighted by atomic mass is 35.5. The minimum Gasteiger partial charge on any atom is -0.354 e. The van der Waals surface area contributed by atoms with Crippen molar-refractivity contribution in [3.63, 3.8) is 0 Å². The van der Waals surface area contributed by atoms with Crippen LogP contribution in [0.3, 0.4) is 0 Å². The summed E-state index contributed by atoms with van der Waals surface area (Å²) in [6.07, 6.45) is 0.459. The van der Waals surface area contributed by atoms with E-state index in [1.807, 2.05) is 31.2 Å². The van der Waals surface area contributed by atoms with Crippen molar-refractivity contribution in [1.82, 2.24) is 10.3 Å². The second-order valence-electron chi connectivity index (χ2n) is 5.59. The van der Waals surface area contributed by atoms with E-state index in [2.05, 4.69) is 10.2 Å². The highest BCUT2D eigenvalue weighted by Gasteiger charge is 2.20. The molecule has 2 aromatic rings. The zero-order valence-electron chi connectivity index (χ0n) is 12.5. The number of nitrogens with two attached hydrogens (primary N) is 1. The van der Waals surface area contributed by atoms with Crippen LogP contribution in [-0.2, 0) is 4.79 Å². The Balaban J connectivity index is 2.11. The van der Waals surface area contributed by atoms with Gasteiger partial charge in [0.05, 0.1) is 10.5 Å². The zero-order chi connectivity index (χ0) is 15.7. The standard InChI is InChI=1S/C16H19ClN4O/c1-10(18)12-9-11-3-2-4-13(17)15(11)20-16(12)21-7-5-14(22)19-6-8-21/h2-4,9-10H,5-8,18H2,1H3,(H,19,22)/t10-/m0/s1. The Kier molecular flexibility index (Phi) is 4.18. The molecular weight excluding hydrogens is 300 g/mol. The van der Waals surface area contributed by atoms with Gasteiger partial charge in [0, 0.05) is 43.0 Å². The fraction of sp³-hybridized carbons (Fsp3) is 0.375. The van der Waals surface area contributed by atoms with Crippen molar-refractivity contribution in [1.29, 1.82) is 0 Å². The number of amides is 1. The first-order chi connectivity index (χ1) is 10.6. The van der Waals surface area contributed by atoms with Gasteiger partial charge in [0.2, 0.25) is 5.91 Å². The number of benzene rings is 1. The summed E-state index contributed by atoms with van der Waals surface area (Å²) in [7, 11) is 0. The van der Waals surface area contributed by atoms with Crippen LogP contribution in [0.2, 0.25) is 5.02 Å². The molecule has 6 heteroatoms. The summed E-state index contributed by atoms with van der Waals surface area (Å²) < 4.78 is 0. The summed E-state index contributed by atoms with van der Waals surface area (Å²) >= 11 is 6.28. The van der Waals surface area contributed by atoms with Crippen LogP contribution in [-0.4, -0.2) is 30.5 Å². The third kappa shape index (κ3) is 2.87. The molecule has 3 rings (SSSR count). The molecule has 0 spiro atoms. The number of carbonyl (C=O) groups is 1. The van der Waals surface area contributed by atoms with Crippen molar-refractivity contribution >= 4 is 34.2 Å². The molecule has 0 unspecified atom stereocenters. The van der Waals surface area contributed by atoms with E-state index in [0.29, 0.717) is 31.1 Å². The van der Waals surface area contributed by atoms with E-state index in [4.69, 9.17) is 22.3 Å². The minimum absolute atomic E-state index is 0.0728. The second-order valence-corrected chi connectivity index (χ2v) is 6.00. The number of pyridine rings is 1. The molecule has 0 aliphatic carbocycles. The molecule has 1 saturated heterocycles. The maximum absolute atomic E-state index is 11.5. The van der Waals surface area contributed by atoms with Crippen LogP contribution in [0.1, 0.15) is 24.9 Å². The number of hydrogen-bond acceptors (Lipinski definition) is 4. The molecule has 1 fully saturated rings. The molecule has 0 bridgehead atoms. The van der Waals surface area contributed by atoms with Gasteiger partial charge in [-0.25, -0.2) is 4.98 Å². The fourth-order valence-electron chi connectivity index (χ4n) is 2.74. The van der Waals surface area contributed by atoms with Crippen LogP contribution < -0.4 is 16.0 Å². The molecule has 0 radical (unpaired) electrons. The topological polar surface area (TPSA) is 71.2 Å². The molecule has 0 saturated carbocycles. The minimum atomic E-state index is -0.141. The lowest BCUT2D eigenvalue weighted by Crippen LogP contribution is -2.30. The van der Waals surface area contributed by atoms with Gasteiger partial charge in [-0.05, 0) is 19.1 Å². The third-order valence-corrected chi connectivity index (χ3v) is 4.21. The molecule has 1 aromatic carbocycles. The van der Waals surface area contributed by atoms with E-state index in [0.717, 1.165) is 22.3 Å². The number of hydrogen-bond donors (Lipinski definition) is 2. The van der Waals surface area contributed by atoms with Gasteiger partial charge in [-0.2, -0.15) is 0 Å². The van der Waals surface area contributed by atoms with E-state index >= 15 is 0 Å². The SMILES string of the molecule is C[C@H](N)c1cc2cccc(Cl)c2nc1N1CCNC(=O)CC1. The number of aromatic nitrogens is 1. The number of nitrogens with one attached hydrogen (secondary N) is 1. The maximum Gasteiger partial charge on any atom is 0.221 e. The molecule has 1 aliphatic rings. The predicted molar refractivity (Wildman–Crippen MR) is 89.2 cm³/mol. The monoisotopic (exact) mass is 318 g/mol. The van der Waals surface area contributed by atoms with E-state index < -0.39 is 0 Å². The number of para-hydroxylation sites is 1. The summed E-state index contributed by atoms with van der Waals surface area (Å²) in [6, 6.07) is 7.63. The van der Waals surface area contributed by atoms with Gasteiger partial charge in [-0.15, -0.1) is 0 Å². The summed E-state index contributed by atoms with van der Waals surface area (Å²) in [5.74, 6) is 0.899. The third-order valence-electron chi connectivity index (χ3n) is 3.91. The van der Waals surface area contributed by atoms with Crippen molar-refractivity contribution in [3.05, 3.63) is 34.9 Å². The summed E-state index contributed by atoms with van der Waals surface area (Å²) in [5, 5.41) is 4.48. The number of anilines is 1. The Bertz CT molecular complexity index is 717. The molecular formula is C16H19ClN4O. The van der Waals surface area contributed by atoms with Gasteiger partial charge < -0.3 is 16.0 Å². The highest BCUT2D eigenvalue weighted by molar-refractivity contribution is 6.35. The molecule has 1 aliphatic heterocycles. The molecule has 116 valence electrons. The van der Waals surface area contributed by atoms with Crippen LogP contribution in [0.4, 0.5) is 5.82 Å². The van der Waals surface area contributed by atoms with Crippen molar-refractivity contribution < 1.29 is 4.79 Å². The number of halogens is 1. The van der Waals surface area contributed by atoms with Gasteiger partial charge in [0.15, 0.2) is 0 Å². The Morgan fingerprint density at radius 3 is 3.00 bits per heavy atom. The Labute approximate surface area is 134 Å². The Morgan fingerprint density at radius 2 is 2.23 bits per heavy atom. The molecule has 1 aromatic heterocycles. The van der Waals surface area contributed by atoms with Crippen molar-refractivity contribution in [2.24, 2.45) is 5.73 Å². The van der Waals surface area contributed by atoms with Crippen LogP contribution in [0.15, 0.2) is 24.3 Å². The quantitative estimate of drug-likeness (QED) is 0.891. The van der Waals surface area contributed by atoms with Gasteiger partial charge in [-0.1, -0.05) is 23.7 Å². The van der Waals surface area contributed by atoms with Crippen LogP contribution in [0.5, 0.6) is 0 Å². The maximum atomic E-state index is 11.5. The second kappa shape index (κ2) is 6.10. The zero-order valence-corrected chi connectivity index (χ0v) is 13.2.